The zero-order chi connectivity index (χ0) is 17.4. The normalized spacial score (nSPS) is 10.7. The molecule has 2 rings (SSSR count). The van der Waals surface area contributed by atoms with Gasteiger partial charge in [0.05, 0.1) is 12.6 Å². The number of aromatic nitrogens is 1. The SMILES string of the molecule is CCOc1ccccc1Oc1ccc(CNC(=O)[C@@H](N)CC)cn1.Cl.Cl. The zero-order valence-electron chi connectivity index (χ0n) is 14.8. The summed E-state index contributed by atoms with van der Waals surface area (Å²) in [6.07, 6.45) is 2.27. The van der Waals surface area contributed by atoms with E-state index < -0.39 is 6.04 Å². The number of nitrogens with two attached hydrogens (primary N) is 1. The van der Waals surface area contributed by atoms with E-state index in [-0.39, 0.29) is 30.7 Å². The summed E-state index contributed by atoms with van der Waals surface area (Å²) >= 11 is 0. The summed E-state index contributed by atoms with van der Waals surface area (Å²) in [5, 5.41) is 2.78. The third-order valence-electron chi connectivity index (χ3n) is 3.40. The van der Waals surface area contributed by atoms with Crippen molar-refractivity contribution in [1.82, 2.24) is 10.3 Å². The Morgan fingerprint density at radius 1 is 1.15 bits per heavy atom. The van der Waals surface area contributed by atoms with Gasteiger partial charge in [-0.25, -0.2) is 4.98 Å². The van der Waals surface area contributed by atoms with Gasteiger partial charge in [-0.1, -0.05) is 25.1 Å². The van der Waals surface area contributed by atoms with Crippen LogP contribution >= 0.6 is 24.8 Å². The summed E-state index contributed by atoms with van der Waals surface area (Å²) < 4.78 is 11.3. The van der Waals surface area contributed by atoms with Crippen LogP contribution in [0.15, 0.2) is 42.6 Å². The molecule has 2 aromatic rings. The second-order valence-electron chi connectivity index (χ2n) is 5.22. The molecule has 0 aliphatic carbocycles. The van der Waals surface area contributed by atoms with E-state index in [0.717, 1.165) is 5.56 Å². The Hall–Kier alpha value is -2.02. The van der Waals surface area contributed by atoms with E-state index in [2.05, 4.69) is 10.3 Å². The molecule has 0 saturated heterocycles. The predicted octanol–water partition coefficient (Wildman–Crippen LogP) is 3.47. The van der Waals surface area contributed by atoms with Crippen molar-refractivity contribution in [3.8, 4) is 17.4 Å². The quantitative estimate of drug-likeness (QED) is 0.706. The van der Waals surface area contributed by atoms with Gasteiger partial charge in [-0.3, -0.25) is 4.79 Å². The van der Waals surface area contributed by atoms with Crippen molar-refractivity contribution >= 4 is 30.7 Å². The highest BCUT2D eigenvalue weighted by atomic mass is 35.5. The van der Waals surface area contributed by atoms with Crippen LogP contribution in [0.1, 0.15) is 25.8 Å². The number of nitrogens with one attached hydrogen (secondary N) is 1. The van der Waals surface area contributed by atoms with Crippen LogP contribution in [0.4, 0.5) is 0 Å². The Balaban J connectivity index is 0.00000312. The summed E-state index contributed by atoms with van der Waals surface area (Å²) in [4.78, 5) is 15.9. The lowest BCUT2D eigenvalue weighted by Crippen LogP contribution is -2.39. The Morgan fingerprint density at radius 2 is 1.85 bits per heavy atom. The fraction of sp³-hybridized carbons (Fsp3) is 0.333. The number of hydrogen-bond acceptors (Lipinski definition) is 5. The third-order valence-corrected chi connectivity index (χ3v) is 3.40. The van der Waals surface area contributed by atoms with Crippen LogP contribution in [0.5, 0.6) is 17.4 Å². The van der Waals surface area contributed by atoms with Gasteiger partial charge in [0.25, 0.3) is 0 Å². The second-order valence-corrected chi connectivity index (χ2v) is 5.22. The van der Waals surface area contributed by atoms with Crippen LogP contribution in [-0.4, -0.2) is 23.5 Å². The molecule has 1 atom stereocenters. The molecule has 0 radical (unpaired) electrons. The molecule has 0 aliphatic heterocycles. The highest BCUT2D eigenvalue weighted by Gasteiger charge is 2.10. The fourth-order valence-electron chi connectivity index (χ4n) is 2.00. The van der Waals surface area contributed by atoms with Gasteiger partial charge in [0.1, 0.15) is 0 Å². The average molecular weight is 402 g/mol. The molecule has 0 fully saturated rings. The Labute approximate surface area is 166 Å². The van der Waals surface area contributed by atoms with E-state index in [1.807, 2.05) is 44.2 Å². The van der Waals surface area contributed by atoms with E-state index in [4.69, 9.17) is 15.2 Å². The largest absolute Gasteiger partial charge is 0.490 e. The first kappa shape index (κ1) is 24.0. The number of hydrogen-bond donors (Lipinski definition) is 2. The first-order valence-corrected chi connectivity index (χ1v) is 8.02. The maximum atomic E-state index is 11.7. The maximum absolute atomic E-state index is 11.7. The highest BCUT2D eigenvalue weighted by Crippen LogP contribution is 2.30. The summed E-state index contributed by atoms with van der Waals surface area (Å²) in [7, 11) is 0. The van der Waals surface area contributed by atoms with E-state index in [1.165, 1.54) is 0 Å². The third kappa shape index (κ3) is 7.07. The first-order chi connectivity index (χ1) is 11.6. The molecule has 1 amide bonds. The molecular weight excluding hydrogens is 377 g/mol. The molecule has 1 aromatic carbocycles. The zero-order valence-corrected chi connectivity index (χ0v) is 16.4. The van der Waals surface area contributed by atoms with Gasteiger partial charge in [-0.15, -0.1) is 24.8 Å². The van der Waals surface area contributed by atoms with E-state index in [9.17, 15) is 4.79 Å². The number of para-hydroxylation sites is 2. The van der Waals surface area contributed by atoms with Crippen LogP contribution in [-0.2, 0) is 11.3 Å². The number of pyridine rings is 1. The number of halogens is 2. The highest BCUT2D eigenvalue weighted by molar-refractivity contribution is 5.85. The maximum Gasteiger partial charge on any atom is 0.237 e. The minimum Gasteiger partial charge on any atom is -0.490 e. The molecule has 144 valence electrons. The van der Waals surface area contributed by atoms with Crippen LogP contribution in [0, 0.1) is 0 Å². The molecule has 26 heavy (non-hydrogen) atoms. The summed E-state index contributed by atoms with van der Waals surface area (Å²) in [6.45, 7) is 4.74. The van der Waals surface area contributed by atoms with Gasteiger partial charge >= 0.3 is 0 Å². The van der Waals surface area contributed by atoms with Gasteiger partial charge in [-0.05, 0) is 31.0 Å². The first-order valence-electron chi connectivity index (χ1n) is 8.02. The fourth-order valence-corrected chi connectivity index (χ4v) is 2.00. The molecule has 0 unspecified atom stereocenters. The standard InChI is InChI=1S/C18H23N3O3.2ClH/c1-3-14(19)18(22)21-12-13-9-10-17(20-11-13)24-16-8-6-5-7-15(16)23-4-2;;/h5-11,14H,3-4,12,19H2,1-2H3,(H,21,22);2*1H/t14-;;/m0../s1. The predicted molar refractivity (Wildman–Crippen MR) is 107 cm³/mol. The van der Waals surface area contributed by atoms with E-state index in [0.29, 0.717) is 37.0 Å². The van der Waals surface area contributed by atoms with Gasteiger partial charge in [-0.2, -0.15) is 0 Å². The number of carbonyl (C=O) groups excluding carboxylic acids is 1. The molecule has 1 heterocycles. The average Bonchev–Trinajstić information content (AvgIpc) is 2.62. The molecule has 0 saturated carbocycles. The van der Waals surface area contributed by atoms with Crippen molar-refractivity contribution in [3.63, 3.8) is 0 Å². The number of benzene rings is 1. The van der Waals surface area contributed by atoms with Gasteiger partial charge in [0.15, 0.2) is 11.5 Å². The van der Waals surface area contributed by atoms with Crippen LogP contribution in [0.3, 0.4) is 0 Å². The molecule has 6 nitrogen and oxygen atoms in total. The Bertz CT molecular complexity index is 669. The summed E-state index contributed by atoms with van der Waals surface area (Å²) in [6, 6.07) is 10.6. The van der Waals surface area contributed by atoms with Gasteiger partial charge in [0, 0.05) is 18.8 Å². The van der Waals surface area contributed by atoms with Gasteiger partial charge < -0.3 is 20.5 Å². The molecule has 0 spiro atoms. The molecule has 1 aromatic heterocycles. The number of nitrogens with zero attached hydrogens (tertiary/aromatic N) is 1. The lowest BCUT2D eigenvalue weighted by molar-refractivity contribution is -0.122. The number of amides is 1. The molecule has 8 heteroatoms. The number of carbonyl (C=O) groups is 1. The van der Waals surface area contributed by atoms with Crippen molar-refractivity contribution in [3.05, 3.63) is 48.2 Å². The van der Waals surface area contributed by atoms with Crippen LogP contribution in [0.2, 0.25) is 0 Å². The molecule has 0 aliphatic rings. The Kier molecular flexibility index (Phi) is 11.4. The van der Waals surface area contributed by atoms with Crippen molar-refractivity contribution in [1.29, 1.82) is 0 Å². The van der Waals surface area contributed by atoms with Crippen molar-refractivity contribution in [2.45, 2.75) is 32.9 Å². The smallest absolute Gasteiger partial charge is 0.237 e. The van der Waals surface area contributed by atoms with E-state index >= 15 is 0 Å². The minimum atomic E-state index is -0.476. The summed E-state index contributed by atoms with van der Waals surface area (Å²) in [5.41, 5.74) is 6.54. The van der Waals surface area contributed by atoms with E-state index in [1.54, 1.807) is 12.3 Å². The van der Waals surface area contributed by atoms with Gasteiger partial charge in [0.2, 0.25) is 11.8 Å². The van der Waals surface area contributed by atoms with Crippen molar-refractivity contribution in [2.24, 2.45) is 5.73 Å². The minimum absolute atomic E-state index is 0. The monoisotopic (exact) mass is 401 g/mol. The number of rotatable bonds is 8. The molecule has 3 N–H and O–H groups in total. The van der Waals surface area contributed by atoms with Crippen molar-refractivity contribution in [2.75, 3.05) is 6.61 Å². The molecular formula is C18H25Cl2N3O3. The molecule has 0 bridgehead atoms. The number of ether oxygens (including phenoxy) is 2. The van der Waals surface area contributed by atoms with Crippen molar-refractivity contribution < 1.29 is 14.3 Å². The summed E-state index contributed by atoms with van der Waals surface area (Å²) in [5.74, 6) is 1.58. The Morgan fingerprint density at radius 3 is 2.42 bits per heavy atom. The lowest BCUT2D eigenvalue weighted by Gasteiger charge is -2.12. The second kappa shape index (κ2) is 12.4. The van der Waals surface area contributed by atoms with Crippen LogP contribution in [0.25, 0.3) is 0 Å². The van der Waals surface area contributed by atoms with Crippen LogP contribution < -0.4 is 20.5 Å². The lowest BCUT2D eigenvalue weighted by atomic mass is 10.2. The topological polar surface area (TPSA) is 86.5 Å².